The fourth-order valence-electron chi connectivity index (χ4n) is 4.88. The van der Waals surface area contributed by atoms with Crippen LogP contribution < -0.4 is 10.9 Å². The van der Waals surface area contributed by atoms with Gasteiger partial charge in [0.25, 0.3) is 5.56 Å². The molecule has 3 heterocycles. The molecule has 0 radical (unpaired) electrons. The summed E-state index contributed by atoms with van der Waals surface area (Å²) in [5, 5.41) is 21.4. The molecule has 4 aromatic rings. The first-order chi connectivity index (χ1) is 17.9. The summed E-state index contributed by atoms with van der Waals surface area (Å²) in [5.41, 5.74) is 1.55. The number of H-pyrrole nitrogens is 1. The van der Waals surface area contributed by atoms with Crippen molar-refractivity contribution >= 4 is 28.4 Å². The first-order valence-electron chi connectivity index (χ1n) is 12.7. The third-order valence-electron chi connectivity index (χ3n) is 7.29. The van der Waals surface area contributed by atoms with Gasteiger partial charge in [-0.1, -0.05) is 55.5 Å². The number of para-hydroxylation sites is 1. The maximum atomic E-state index is 13.0. The Morgan fingerprint density at radius 2 is 1.76 bits per heavy atom. The lowest BCUT2D eigenvalue weighted by molar-refractivity contribution is -0.136. The van der Waals surface area contributed by atoms with E-state index in [1.165, 1.54) is 10.9 Å². The van der Waals surface area contributed by atoms with Crippen LogP contribution in [0.2, 0.25) is 0 Å². The molecule has 0 aliphatic carbocycles. The number of fused-ring (bicyclic) bond motifs is 1. The molecular weight excluding hydrogens is 468 g/mol. The predicted octanol–water partition coefficient (Wildman–Crippen LogP) is 3.80. The minimum Gasteiger partial charge on any atom is -0.390 e. The van der Waals surface area contributed by atoms with Crippen molar-refractivity contribution in [2.45, 2.75) is 50.7 Å². The summed E-state index contributed by atoms with van der Waals surface area (Å²) < 4.78 is 1.49. The van der Waals surface area contributed by atoms with Crippen LogP contribution in [0, 0.1) is 0 Å². The van der Waals surface area contributed by atoms with Crippen LogP contribution in [0.25, 0.3) is 11.0 Å². The normalized spacial score (nSPS) is 16.0. The SMILES string of the molecule is C[C@H](CC(=O)N1CCC(O)(CCn2cnc3c(Nc4ccccc4)[nH]nc3c2=O)CC1)c1ccccc1. The Labute approximate surface area is 215 Å². The summed E-state index contributed by atoms with van der Waals surface area (Å²) in [6, 6.07) is 19.6. The molecule has 1 atom stereocenters. The number of carbonyl (C=O) groups is 1. The number of hydrogen-bond acceptors (Lipinski definition) is 6. The number of aromatic nitrogens is 4. The summed E-state index contributed by atoms with van der Waals surface area (Å²) in [7, 11) is 0. The number of aromatic amines is 1. The molecular formula is C28H32N6O3. The van der Waals surface area contributed by atoms with E-state index in [1.54, 1.807) is 0 Å². The number of anilines is 2. The lowest BCUT2D eigenvalue weighted by Crippen LogP contribution is -2.47. The Morgan fingerprint density at radius 1 is 1.08 bits per heavy atom. The van der Waals surface area contributed by atoms with Crippen LogP contribution in [0.3, 0.4) is 0 Å². The zero-order valence-electron chi connectivity index (χ0n) is 20.9. The Hall–Kier alpha value is -3.98. The number of amides is 1. The molecule has 5 rings (SSSR count). The van der Waals surface area contributed by atoms with E-state index in [1.807, 2.05) is 65.6 Å². The van der Waals surface area contributed by atoms with Crippen molar-refractivity contribution in [1.82, 2.24) is 24.6 Å². The quantitative estimate of drug-likeness (QED) is 0.339. The molecule has 1 fully saturated rings. The molecule has 3 N–H and O–H groups in total. The molecule has 9 nitrogen and oxygen atoms in total. The van der Waals surface area contributed by atoms with Crippen LogP contribution in [0.1, 0.15) is 44.1 Å². The van der Waals surface area contributed by atoms with Crippen LogP contribution in [-0.4, -0.2) is 54.4 Å². The van der Waals surface area contributed by atoms with Gasteiger partial charge in [0, 0.05) is 31.7 Å². The van der Waals surface area contributed by atoms with Crippen LogP contribution in [0.4, 0.5) is 11.5 Å². The lowest BCUT2D eigenvalue weighted by Gasteiger charge is -2.38. The highest BCUT2D eigenvalue weighted by Gasteiger charge is 2.34. The van der Waals surface area contributed by atoms with Crippen molar-refractivity contribution < 1.29 is 9.90 Å². The fraction of sp³-hybridized carbons (Fsp3) is 0.357. The van der Waals surface area contributed by atoms with Crippen LogP contribution >= 0.6 is 0 Å². The highest BCUT2D eigenvalue weighted by atomic mass is 16.3. The van der Waals surface area contributed by atoms with Gasteiger partial charge in [0.1, 0.15) is 5.52 Å². The fourth-order valence-corrected chi connectivity index (χ4v) is 4.88. The van der Waals surface area contributed by atoms with E-state index in [4.69, 9.17) is 0 Å². The first-order valence-corrected chi connectivity index (χ1v) is 12.7. The summed E-state index contributed by atoms with van der Waals surface area (Å²) in [6.07, 6.45) is 3.33. The highest BCUT2D eigenvalue weighted by Crippen LogP contribution is 2.28. The average molecular weight is 501 g/mol. The van der Waals surface area contributed by atoms with Gasteiger partial charge in [-0.25, -0.2) is 4.98 Å². The van der Waals surface area contributed by atoms with Gasteiger partial charge < -0.3 is 15.3 Å². The number of aryl methyl sites for hydroxylation is 1. The summed E-state index contributed by atoms with van der Waals surface area (Å²) in [4.78, 5) is 32.1. The van der Waals surface area contributed by atoms with Crippen LogP contribution in [0.5, 0.6) is 0 Å². The van der Waals surface area contributed by atoms with Crippen molar-refractivity contribution in [3.8, 4) is 0 Å². The Morgan fingerprint density at radius 3 is 2.46 bits per heavy atom. The molecule has 192 valence electrons. The molecule has 0 bridgehead atoms. The minimum absolute atomic E-state index is 0.114. The Kier molecular flexibility index (Phi) is 7.05. The van der Waals surface area contributed by atoms with Gasteiger partial charge in [-0.05, 0) is 42.9 Å². The van der Waals surface area contributed by atoms with Gasteiger partial charge in [0.2, 0.25) is 5.91 Å². The number of benzene rings is 2. The maximum absolute atomic E-state index is 13.0. The topological polar surface area (TPSA) is 116 Å². The number of nitrogens with zero attached hydrogens (tertiary/aromatic N) is 4. The predicted molar refractivity (Wildman–Crippen MR) is 143 cm³/mol. The summed E-state index contributed by atoms with van der Waals surface area (Å²) >= 11 is 0. The molecule has 0 unspecified atom stereocenters. The zero-order chi connectivity index (χ0) is 25.8. The molecule has 9 heteroatoms. The first kappa shape index (κ1) is 24.7. The summed E-state index contributed by atoms with van der Waals surface area (Å²) in [5.74, 6) is 0.819. The Balaban J connectivity index is 1.17. The maximum Gasteiger partial charge on any atom is 0.281 e. The second kappa shape index (κ2) is 10.6. The smallest absolute Gasteiger partial charge is 0.281 e. The molecule has 1 saturated heterocycles. The summed E-state index contributed by atoms with van der Waals surface area (Å²) in [6.45, 7) is 3.41. The molecule has 2 aromatic carbocycles. The third kappa shape index (κ3) is 5.56. The average Bonchev–Trinajstić information content (AvgIpc) is 3.33. The van der Waals surface area contributed by atoms with Gasteiger partial charge in [0.05, 0.1) is 11.9 Å². The lowest BCUT2D eigenvalue weighted by atomic mass is 9.87. The van der Waals surface area contributed by atoms with Crippen LogP contribution in [-0.2, 0) is 11.3 Å². The van der Waals surface area contributed by atoms with E-state index in [0.29, 0.717) is 56.7 Å². The van der Waals surface area contributed by atoms with E-state index in [9.17, 15) is 14.7 Å². The number of rotatable bonds is 8. The van der Waals surface area contributed by atoms with Crippen molar-refractivity contribution in [3.63, 3.8) is 0 Å². The van der Waals surface area contributed by atoms with Gasteiger partial charge in [-0.15, -0.1) is 0 Å². The number of carbonyl (C=O) groups excluding carboxylic acids is 1. The van der Waals surface area contributed by atoms with E-state index >= 15 is 0 Å². The van der Waals surface area contributed by atoms with Gasteiger partial charge in [-0.3, -0.25) is 19.3 Å². The third-order valence-corrected chi connectivity index (χ3v) is 7.29. The highest BCUT2D eigenvalue weighted by molar-refractivity contribution is 5.86. The van der Waals surface area contributed by atoms with E-state index < -0.39 is 5.60 Å². The number of piperidine rings is 1. The van der Waals surface area contributed by atoms with E-state index in [0.717, 1.165) is 11.3 Å². The van der Waals surface area contributed by atoms with Crippen molar-refractivity contribution in [2.24, 2.45) is 0 Å². The number of likely N-dealkylation sites (tertiary alicyclic amines) is 1. The number of aliphatic hydroxyl groups is 1. The van der Waals surface area contributed by atoms with E-state index in [-0.39, 0.29) is 22.9 Å². The van der Waals surface area contributed by atoms with Crippen molar-refractivity contribution in [1.29, 1.82) is 0 Å². The molecule has 1 aliphatic heterocycles. The molecule has 0 spiro atoms. The monoisotopic (exact) mass is 500 g/mol. The van der Waals surface area contributed by atoms with Gasteiger partial charge >= 0.3 is 0 Å². The molecule has 1 aliphatic rings. The largest absolute Gasteiger partial charge is 0.390 e. The van der Waals surface area contributed by atoms with E-state index in [2.05, 4.69) is 27.4 Å². The molecule has 37 heavy (non-hydrogen) atoms. The van der Waals surface area contributed by atoms with Gasteiger partial charge in [0.15, 0.2) is 11.3 Å². The van der Waals surface area contributed by atoms with Crippen molar-refractivity contribution in [2.75, 3.05) is 18.4 Å². The number of hydrogen-bond donors (Lipinski definition) is 3. The van der Waals surface area contributed by atoms with Crippen molar-refractivity contribution in [3.05, 3.63) is 82.9 Å². The Bertz CT molecular complexity index is 1410. The zero-order valence-corrected chi connectivity index (χ0v) is 20.9. The van der Waals surface area contributed by atoms with Gasteiger partial charge in [-0.2, -0.15) is 5.10 Å². The standard InChI is InChI=1S/C28H32N6O3/c1-20(21-8-4-2-5-9-21)18-23(35)33-15-12-28(37,13-16-33)14-17-34-19-29-24-25(27(34)36)31-32-26(24)30-22-10-6-3-7-11-22/h2-11,19-20,37H,12-18H2,1H3,(H2,30,31,32)/t20-/m1/s1. The second-order valence-electron chi connectivity index (χ2n) is 9.90. The second-order valence-corrected chi connectivity index (χ2v) is 9.90. The molecule has 0 saturated carbocycles. The molecule has 1 amide bonds. The molecule has 2 aromatic heterocycles. The van der Waals surface area contributed by atoms with Crippen LogP contribution in [0.15, 0.2) is 71.8 Å². The number of nitrogens with one attached hydrogen (secondary N) is 2. The minimum atomic E-state index is -0.929.